The number of amides is 1. The van der Waals surface area contributed by atoms with Crippen LogP contribution >= 0.6 is 11.3 Å². The molecule has 1 aliphatic rings. The van der Waals surface area contributed by atoms with Crippen LogP contribution in [0, 0.1) is 6.92 Å². The second-order valence-corrected chi connectivity index (χ2v) is 9.35. The van der Waals surface area contributed by atoms with E-state index in [9.17, 15) is 19.5 Å². The van der Waals surface area contributed by atoms with Crippen LogP contribution in [0.5, 0.6) is 0 Å². The number of aldehydes is 1. The molecule has 3 aromatic rings. The number of nitrogens with zero attached hydrogens (tertiary/aromatic N) is 4. The number of aryl methyl sites for hydroxylation is 1. The quantitative estimate of drug-likeness (QED) is 0.250. The molecule has 0 saturated carbocycles. The van der Waals surface area contributed by atoms with Gasteiger partial charge in [0.15, 0.2) is 5.13 Å². The molecule has 0 unspecified atom stereocenters. The molecule has 0 spiro atoms. The maximum atomic E-state index is 12.2. The number of carbonyl (C=O) groups is 4. The average molecular weight is 585 g/mol. The number of esters is 1. The van der Waals surface area contributed by atoms with Crippen molar-refractivity contribution in [2.45, 2.75) is 47.1 Å². The number of benzene rings is 1. The third-order valence-electron chi connectivity index (χ3n) is 5.88. The van der Waals surface area contributed by atoms with Crippen LogP contribution in [0.1, 0.15) is 63.3 Å². The fourth-order valence-corrected chi connectivity index (χ4v) is 4.84. The number of ether oxygens (including phenoxy) is 1. The highest BCUT2D eigenvalue weighted by molar-refractivity contribution is 7.17. The van der Waals surface area contributed by atoms with E-state index < -0.39 is 12.6 Å². The highest BCUT2D eigenvalue weighted by Gasteiger charge is 2.23. The number of anilines is 3. The van der Waals surface area contributed by atoms with Gasteiger partial charge in [0.2, 0.25) is 11.9 Å². The molecule has 41 heavy (non-hydrogen) atoms. The Morgan fingerprint density at radius 3 is 2.44 bits per heavy atom. The van der Waals surface area contributed by atoms with Gasteiger partial charge in [-0.2, -0.15) is 4.98 Å². The molecule has 0 fully saturated rings. The second kappa shape index (κ2) is 16.8. The van der Waals surface area contributed by atoms with Gasteiger partial charge in [-0.1, -0.05) is 49.4 Å². The van der Waals surface area contributed by atoms with Crippen molar-refractivity contribution in [1.82, 2.24) is 19.9 Å². The van der Waals surface area contributed by atoms with Crippen LogP contribution in [-0.2, 0) is 33.7 Å². The van der Waals surface area contributed by atoms with Crippen LogP contribution < -0.4 is 10.6 Å². The lowest BCUT2D eigenvalue weighted by molar-refractivity contribution is -0.134. The van der Waals surface area contributed by atoms with Crippen molar-refractivity contribution in [3.8, 4) is 0 Å². The molecule has 1 aromatic carbocycles. The molecule has 0 radical (unpaired) electrons. The summed E-state index contributed by atoms with van der Waals surface area (Å²) in [7, 11) is 0. The topological polar surface area (TPSA) is 164 Å². The Labute approximate surface area is 243 Å². The van der Waals surface area contributed by atoms with Gasteiger partial charge in [0.05, 0.1) is 18.0 Å². The number of aliphatic hydroxyl groups excluding tert-OH is 1. The summed E-state index contributed by atoms with van der Waals surface area (Å²) in [5.74, 6) is 0.173. The van der Waals surface area contributed by atoms with E-state index in [4.69, 9.17) is 19.5 Å². The molecule has 12 nitrogen and oxygen atoms in total. The first-order valence-corrected chi connectivity index (χ1v) is 14.0. The van der Waals surface area contributed by atoms with Gasteiger partial charge in [-0.15, -0.1) is 0 Å². The third-order valence-corrected chi connectivity index (χ3v) is 6.94. The van der Waals surface area contributed by atoms with Crippen molar-refractivity contribution in [2.24, 2.45) is 0 Å². The monoisotopic (exact) mass is 584 g/mol. The number of fused-ring (bicyclic) bond motifs is 1. The minimum atomic E-state index is -0.539. The third kappa shape index (κ3) is 8.88. The first kappa shape index (κ1) is 33.0. The van der Waals surface area contributed by atoms with Crippen LogP contribution in [0.3, 0.4) is 0 Å². The van der Waals surface area contributed by atoms with Crippen molar-refractivity contribution < 1.29 is 29.0 Å². The summed E-state index contributed by atoms with van der Waals surface area (Å²) < 4.78 is 5.10. The number of aliphatic hydroxyl groups is 1. The summed E-state index contributed by atoms with van der Waals surface area (Å²) >= 11 is 1.16. The van der Waals surface area contributed by atoms with Crippen LogP contribution in [0.4, 0.5) is 16.9 Å². The van der Waals surface area contributed by atoms with Gasteiger partial charge in [-0.25, -0.2) is 14.8 Å². The first-order chi connectivity index (χ1) is 19.9. The summed E-state index contributed by atoms with van der Waals surface area (Å²) in [5.41, 5.74) is 3.79. The van der Waals surface area contributed by atoms with Crippen molar-refractivity contribution in [3.63, 3.8) is 0 Å². The van der Waals surface area contributed by atoms with Crippen LogP contribution in [-0.4, -0.2) is 76.2 Å². The van der Waals surface area contributed by atoms with Crippen molar-refractivity contribution in [2.75, 3.05) is 36.9 Å². The van der Waals surface area contributed by atoms with E-state index in [0.717, 1.165) is 34.4 Å². The van der Waals surface area contributed by atoms with E-state index in [1.807, 2.05) is 32.8 Å². The summed E-state index contributed by atoms with van der Waals surface area (Å²) in [6, 6.07) is 7.24. The smallest absolute Gasteiger partial charge is 0.350 e. The zero-order chi connectivity index (χ0) is 30.4. The van der Waals surface area contributed by atoms with Crippen molar-refractivity contribution in [1.29, 1.82) is 0 Å². The number of nitrogens with one attached hydrogen (secondary N) is 2. The Morgan fingerprint density at radius 2 is 1.80 bits per heavy atom. The maximum absolute atomic E-state index is 12.2. The molecule has 0 saturated heterocycles. The Balaban J connectivity index is 0.00000141. The maximum Gasteiger partial charge on any atom is 0.350 e. The zero-order valence-electron chi connectivity index (χ0n) is 23.7. The van der Waals surface area contributed by atoms with E-state index >= 15 is 0 Å². The van der Waals surface area contributed by atoms with E-state index in [-0.39, 0.29) is 12.5 Å². The molecule has 1 aliphatic heterocycles. The number of carbonyl (C=O) groups excluding carboxylic acids is 4. The fraction of sp³-hybridized carbons (Fsp3) is 0.393. The minimum Gasteiger partial charge on any atom is -0.462 e. The Kier molecular flexibility index (Phi) is 13.5. The lowest BCUT2D eigenvalue weighted by Gasteiger charge is -2.18. The molecule has 3 heterocycles. The molecular formula is C28H36N6O6S. The molecule has 13 heteroatoms. The van der Waals surface area contributed by atoms with Gasteiger partial charge < -0.3 is 24.9 Å². The van der Waals surface area contributed by atoms with Crippen molar-refractivity contribution >= 4 is 53.2 Å². The van der Waals surface area contributed by atoms with Gasteiger partial charge in [-0.05, 0) is 25.8 Å². The summed E-state index contributed by atoms with van der Waals surface area (Å²) in [5, 5.41) is 16.2. The highest BCUT2D eigenvalue weighted by atomic mass is 32.1. The predicted octanol–water partition coefficient (Wildman–Crippen LogP) is 3.35. The number of aromatic nitrogens is 3. The summed E-state index contributed by atoms with van der Waals surface area (Å²) in [6.07, 6.45) is 1.82. The molecule has 0 aliphatic carbocycles. The first-order valence-electron chi connectivity index (χ1n) is 13.2. The lowest BCUT2D eigenvalue weighted by Crippen LogP contribution is -2.35. The highest BCUT2D eigenvalue weighted by Crippen LogP contribution is 2.28. The van der Waals surface area contributed by atoms with E-state index in [2.05, 4.69) is 15.6 Å². The molecule has 3 N–H and O–H groups in total. The van der Waals surface area contributed by atoms with Gasteiger partial charge in [0.25, 0.3) is 0 Å². The van der Waals surface area contributed by atoms with E-state index in [1.54, 1.807) is 30.9 Å². The van der Waals surface area contributed by atoms with Gasteiger partial charge in [0, 0.05) is 37.2 Å². The summed E-state index contributed by atoms with van der Waals surface area (Å²) in [6.45, 7) is 10.6. The van der Waals surface area contributed by atoms with Gasteiger partial charge in [0.1, 0.15) is 30.4 Å². The normalized spacial score (nSPS) is 11.9. The summed E-state index contributed by atoms with van der Waals surface area (Å²) in [4.78, 5) is 59.1. The number of hydrogen-bond acceptors (Lipinski definition) is 12. The SMILES string of the molecule is C=O.CC.CCOC(=O)c1sc(Nc2nc3c(c(NCc4ccc(C=O)cc4)n2)CCN(C(=O)CO)CC3)nc1C. The predicted molar refractivity (Wildman–Crippen MR) is 157 cm³/mol. The van der Waals surface area contributed by atoms with Gasteiger partial charge in [-0.3, -0.25) is 14.9 Å². The molecule has 0 atom stereocenters. The molecule has 2 aromatic heterocycles. The van der Waals surface area contributed by atoms with Crippen LogP contribution in [0.2, 0.25) is 0 Å². The largest absolute Gasteiger partial charge is 0.462 e. The van der Waals surface area contributed by atoms with Crippen molar-refractivity contribution in [3.05, 3.63) is 57.2 Å². The van der Waals surface area contributed by atoms with Gasteiger partial charge >= 0.3 is 5.97 Å². The Bertz CT molecular complexity index is 1310. The Hall–Kier alpha value is -4.23. The molecule has 0 bridgehead atoms. The molecule has 220 valence electrons. The number of thiazole rings is 1. The second-order valence-electron chi connectivity index (χ2n) is 8.35. The molecule has 4 rings (SSSR count). The van der Waals surface area contributed by atoms with E-state index in [0.29, 0.717) is 65.5 Å². The number of hydrogen-bond donors (Lipinski definition) is 3. The Morgan fingerprint density at radius 1 is 1.12 bits per heavy atom. The molecular weight excluding hydrogens is 548 g/mol. The fourth-order valence-electron chi connectivity index (χ4n) is 3.98. The minimum absolute atomic E-state index is 0.273. The average Bonchev–Trinajstić information content (AvgIpc) is 3.23. The number of rotatable bonds is 9. The standard InChI is InChI=1S/C25H28N6O5S.C2H6.CH2O/c1-3-36-23(35)21-15(2)27-25(37-21)30-24-28-19-9-11-31(20(34)14-33)10-8-18(19)22(29-24)26-12-16-4-6-17(13-32)7-5-16;2*1-2/h4-7,13,33H,3,8-12,14H2,1-2H3,(H2,26,27,28,29,30);1-2H3;1H2. The van der Waals surface area contributed by atoms with E-state index in [1.165, 1.54) is 0 Å². The van der Waals surface area contributed by atoms with Crippen LogP contribution in [0.25, 0.3) is 0 Å². The zero-order valence-corrected chi connectivity index (χ0v) is 24.5. The molecule has 1 amide bonds. The lowest BCUT2D eigenvalue weighted by atomic mass is 10.1. The van der Waals surface area contributed by atoms with Crippen LogP contribution in [0.15, 0.2) is 24.3 Å².